The minimum absolute atomic E-state index is 0.581. The number of nitrogens with one attached hydrogen (secondary N) is 1. The smallest absolute Gasteiger partial charge is 0.267 e. The Kier molecular flexibility index (Phi) is 4.38. The number of hydrogen-bond acceptors (Lipinski definition) is 4. The molecule has 0 radical (unpaired) electrons. The van der Waals surface area contributed by atoms with Crippen molar-refractivity contribution >= 4 is 11.6 Å². The Balaban J connectivity index is 2.76. The molecule has 0 saturated carbocycles. The number of nitro benzene ring substituents is 1. The predicted molar refractivity (Wildman–Crippen MR) is 52.5 cm³/mol. The lowest BCUT2D eigenvalue weighted by atomic mass is 10.2. The van der Waals surface area contributed by atoms with Gasteiger partial charge in [0, 0.05) is 12.1 Å². The fourth-order valence-corrected chi connectivity index (χ4v) is 1.04. The maximum atomic E-state index is 13.2. The van der Waals surface area contributed by atoms with E-state index in [0.717, 1.165) is 6.07 Å². The van der Waals surface area contributed by atoms with Crippen molar-refractivity contribution in [2.45, 2.75) is 6.18 Å². The van der Waals surface area contributed by atoms with E-state index in [4.69, 9.17) is 0 Å². The molecule has 0 atom stereocenters. The molecule has 0 aliphatic carbocycles. The van der Waals surface area contributed by atoms with Crippen molar-refractivity contribution in [1.82, 2.24) is 5.48 Å². The van der Waals surface area contributed by atoms with Crippen LogP contribution in [0.2, 0.25) is 0 Å². The van der Waals surface area contributed by atoms with Crippen LogP contribution in [0.25, 0.3) is 0 Å². The molecule has 0 spiro atoms. The first kappa shape index (κ1) is 14.8. The van der Waals surface area contributed by atoms with E-state index in [1.54, 1.807) is 0 Å². The van der Waals surface area contributed by atoms with Gasteiger partial charge in [-0.3, -0.25) is 19.7 Å². The molecule has 10 heteroatoms. The van der Waals surface area contributed by atoms with Crippen LogP contribution in [0, 0.1) is 15.9 Å². The first-order chi connectivity index (χ1) is 8.70. The highest BCUT2D eigenvalue weighted by Crippen LogP contribution is 2.17. The molecule has 1 rings (SSSR count). The van der Waals surface area contributed by atoms with Crippen LogP contribution < -0.4 is 5.48 Å². The van der Waals surface area contributed by atoms with Crippen molar-refractivity contribution < 1.29 is 32.1 Å². The second kappa shape index (κ2) is 5.61. The molecule has 0 aliphatic rings. The molecular formula is C9H6F4N2O4. The van der Waals surface area contributed by atoms with Gasteiger partial charge < -0.3 is 0 Å². The van der Waals surface area contributed by atoms with Crippen LogP contribution in [0.15, 0.2) is 18.2 Å². The van der Waals surface area contributed by atoms with Gasteiger partial charge in [0.15, 0.2) is 6.61 Å². The number of rotatable bonds is 4. The maximum Gasteiger partial charge on any atom is 0.414 e. The summed E-state index contributed by atoms with van der Waals surface area (Å²) < 4.78 is 48.3. The van der Waals surface area contributed by atoms with Crippen molar-refractivity contribution in [3.8, 4) is 0 Å². The number of amides is 1. The Bertz CT molecular complexity index is 503. The van der Waals surface area contributed by atoms with Gasteiger partial charge in [-0.05, 0) is 6.07 Å². The number of carbonyl (C=O) groups excluding carboxylic acids is 1. The lowest BCUT2D eigenvalue weighted by Gasteiger charge is -2.08. The van der Waals surface area contributed by atoms with Crippen molar-refractivity contribution in [2.75, 3.05) is 6.61 Å². The van der Waals surface area contributed by atoms with E-state index in [2.05, 4.69) is 4.84 Å². The molecule has 0 bridgehead atoms. The average molecular weight is 282 g/mol. The molecule has 0 unspecified atom stereocenters. The number of benzene rings is 1. The summed E-state index contributed by atoms with van der Waals surface area (Å²) in [6, 6.07) is 2.04. The van der Waals surface area contributed by atoms with Crippen LogP contribution >= 0.6 is 0 Å². The molecule has 104 valence electrons. The summed E-state index contributed by atoms with van der Waals surface area (Å²) >= 11 is 0. The lowest BCUT2D eigenvalue weighted by molar-refractivity contribution is -0.384. The van der Waals surface area contributed by atoms with Gasteiger partial charge in [-0.25, -0.2) is 9.87 Å². The molecule has 1 aromatic carbocycles. The van der Waals surface area contributed by atoms with E-state index in [1.807, 2.05) is 0 Å². The molecule has 1 aromatic rings. The van der Waals surface area contributed by atoms with Crippen LogP contribution in [0.5, 0.6) is 0 Å². The Hall–Kier alpha value is -2.23. The van der Waals surface area contributed by atoms with Crippen LogP contribution in [0.4, 0.5) is 23.2 Å². The topological polar surface area (TPSA) is 81.5 Å². The van der Waals surface area contributed by atoms with E-state index in [1.165, 1.54) is 5.48 Å². The number of carbonyl (C=O) groups is 1. The largest absolute Gasteiger partial charge is 0.414 e. The van der Waals surface area contributed by atoms with Crippen molar-refractivity contribution in [3.05, 3.63) is 39.7 Å². The normalized spacial score (nSPS) is 11.2. The van der Waals surface area contributed by atoms with Gasteiger partial charge >= 0.3 is 6.18 Å². The molecule has 0 aromatic heterocycles. The average Bonchev–Trinajstić information content (AvgIpc) is 2.27. The number of alkyl halides is 3. The van der Waals surface area contributed by atoms with Crippen molar-refractivity contribution in [2.24, 2.45) is 0 Å². The second-order valence-corrected chi connectivity index (χ2v) is 3.26. The van der Waals surface area contributed by atoms with Crippen LogP contribution in [0.3, 0.4) is 0 Å². The SMILES string of the molecule is O=C(NOCC(F)(F)F)c1cc([N+](=O)[O-])ccc1F. The summed E-state index contributed by atoms with van der Waals surface area (Å²) in [5.74, 6) is -2.48. The Morgan fingerprint density at radius 1 is 1.42 bits per heavy atom. The molecule has 1 amide bonds. The summed E-state index contributed by atoms with van der Waals surface area (Å²) in [5, 5.41) is 10.4. The quantitative estimate of drug-likeness (QED) is 0.520. The number of nitrogens with zero attached hydrogens (tertiary/aromatic N) is 1. The summed E-state index contributed by atoms with van der Waals surface area (Å²) in [5.41, 5.74) is -0.0352. The highest BCUT2D eigenvalue weighted by molar-refractivity contribution is 5.94. The summed E-state index contributed by atoms with van der Waals surface area (Å²) in [4.78, 5) is 24.6. The molecule has 1 N–H and O–H groups in total. The van der Waals surface area contributed by atoms with Gasteiger partial charge in [0.25, 0.3) is 11.6 Å². The van der Waals surface area contributed by atoms with E-state index < -0.39 is 40.7 Å². The zero-order valence-corrected chi connectivity index (χ0v) is 9.03. The summed E-state index contributed by atoms with van der Waals surface area (Å²) in [6.07, 6.45) is -4.67. The second-order valence-electron chi connectivity index (χ2n) is 3.26. The predicted octanol–water partition coefficient (Wildman–Crippen LogP) is 1.96. The molecular weight excluding hydrogens is 276 g/mol. The molecule has 6 nitrogen and oxygen atoms in total. The number of halogens is 4. The molecule has 0 fully saturated rings. The zero-order chi connectivity index (χ0) is 14.6. The van der Waals surface area contributed by atoms with E-state index in [0.29, 0.717) is 12.1 Å². The van der Waals surface area contributed by atoms with Gasteiger partial charge in [0.1, 0.15) is 5.82 Å². The monoisotopic (exact) mass is 282 g/mol. The maximum absolute atomic E-state index is 13.2. The lowest BCUT2D eigenvalue weighted by Crippen LogP contribution is -2.30. The number of non-ortho nitro benzene ring substituents is 1. The van der Waals surface area contributed by atoms with E-state index >= 15 is 0 Å². The number of nitro groups is 1. The molecule has 19 heavy (non-hydrogen) atoms. The van der Waals surface area contributed by atoms with E-state index in [9.17, 15) is 32.5 Å². The molecule has 0 heterocycles. The first-order valence-electron chi connectivity index (χ1n) is 4.63. The van der Waals surface area contributed by atoms with Gasteiger partial charge in [-0.1, -0.05) is 0 Å². The highest BCUT2D eigenvalue weighted by Gasteiger charge is 2.28. The third-order valence-electron chi connectivity index (χ3n) is 1.81. The van der Waals surface area contributed by atoms with Crippen LogP contribution in [-0.2, 0) is 4.84 Å². The number of hydroxylamine groups is 1. The third-order valence-corrected chi connectivity index (χ3v) is 1.81. The zero-order valence-electron chi connectivity index (χ0n) is 9.03. The minimum atomic E-state index is -4.67. The first-order valence-corrected chi connectivity index (χ1v) is 4.63. The Morgan fingerprint density at radius 2 is 2.05 bits per heavy atom. The number of hydrogen-bond donors (Lipinski definition) is 1. The van der Waals surface area contributed by atoms with Crippen LogP contribution in [0.1, 0.15) is 10.4 Å². The van der Waals surface area contributed by atoms with Crippen molar-refractivity contribution in [1.29, 1.82) is 0 Å². The Morgan fingerprint density at radius 3 is 2.58 bits per heavy atom. The van der Waals surface area contributed by atoms with Gasteiger partial charge in [0.05, 0.1) is 10.5 Å². The van der Waals surface area contributed by atoms with Gasteiger partial charge in [-0.2, -0.15) is 13.2 Å². The standard InChI is InChI=1S/C9H6F4N2O4/c10-7-2-1-5(15(17)18)3-6(7)8(16)14-19-4-9(11,12)13/h1-3H,4H2,(H,14,16). The fourth-order valence-electron chi connectivity index (χ4n) is 1.04. The van der Waals surface area contributed by atoms with E-state index in [-0.39, 0.29) is 0 Å². The summed E-state index contributed by atoms with van der Waals surface area (Å²) in [6.45, 7) is -1.77. The molecule has 0 aliphatic heterocycles. The van der Waals surface area contributed by atoms with Gasteiger partial charge in [-0.15, -0.1) is 0 Å². The van der Waals surface area contributed by atoms with Crippen LogP contribution in [-0.4, -0.2) is 23.6 Å². The Labute approximate surface area is 103 Å². The van der Waals surface area contributed by atoms with Gasteiger partial charge in [0.2, 0.25) is 0 Å². The molecule has 0 saturated heterocycles. The summed E-state index contributed by atoms with van der Waals surface area (Å²) in [7, 11) is 0. The fraction of sp³-hybridized carbons (Fsp3) is 0.222. The highest BCUT2D eigenvalue weighted by atomic mass is 19.4. The minimum Gasteiger partial charge on any atom is -0.267 e. The van der Waals surface area contributed by atoms with Crippen molar-refractivity contribution in [3.63, 3.8) is 0 Å². The third kappa shape index (κ3) is 4.50.